The third kappa shape index (κ3) is 4.91. The smallest absolute Gasteiger partial charge is 0.258 e. The van der Waals surface area contributed by atoms with Gasteiger partial charge in [0.25, 0.3) is 5.91 Å². The number of benzene rings is 1. The second-order valence-corrected chi connectivity index (χ2v) is 7.56. The van der Waals surface area contributed by atoms with Crippen LogP contribution in [0.5, 0.6) is 5.75 Å². The van der Waals surface area contributed by atoms with E-state index in [-0.39, 0.29) is 12.5 Å². The molecule has 1 aliphatic carbocycles. The molecule has 146 valence electrons. The van der Waals surface area contributed by atoms with Gasteiger partial charge in [-0.1, -0.05) is 12.1 Å². The average Bonchev–Trinajstić information content (AvgIpc) is 3.24. The maximum absolute atomic E-state index is 11.7. The number of carbonyl (C=O) groups excluding carboxylic acids is 1. The molecule has 0 aromatic heterocycles. The summed E-state index contributed by atoms with van der Waals surface area (Å²) in [7, 11) is 1.78. The van der Waals surface area contributed by atoms with Crippen molar-refractivity contribution in [3.8, 4) is 5.75 Å². The molecule has 1 saturated carbocycles. The highest BCUT2D eigenvalue weighted by Crippen LogP contribution is 2.34. The molecule has 3 unspecified atom stereocenters. The zero-order valence-corrected chi connectivity index (χ0v) is 15.7. The van der Waals surface area contributed by atoms with Gasteiger partial charge in [-0.15, -0.1) is 0 Å². The molecule has 27 heavy (non-hydrogen) atoms. The quantitative estimate of drug-likeness (QED) is 0.497. The van der Waals surface area contributed by atoms with Crippen LogP contribution in [-0.4, -0.2) is 49.8 Å². The summed E-state index contributed by atoms with van der Waals surface area (Å²) in [6.07, 6.45) is 6.25. The highest BCUT2D eigenvalue weighted by molar-refractivity contribution is 5.80. The number of nitrogens with zero attached hydrogens (tertiary/aromatic N) is 1. The van der Waals surface area contributed by atoms with Crippen LogP contribution >= 0.6 is 0 Å². The molecule has 3 fully saturated rings. The van der Waals surface area contributed by atoms with E-state index in [1.807, 2.05) is 24.3 Å². The lowest BCUT2D eigenvalue weighted by atomic mass is 9.96. The number of rotatable bonds is 7. The third-order valence-electron chi connectivity index (χ3n) is 5.32. The van der Waals surface area contributed by atoms with Gasteiger partial charge in [-0.25, -0.2) is 0 Å². The van der Waals surface area contributed by atoms with Gasteiger partial charge in [0, 0.05) is 19.6 Å². The molecule has 1 aromatic carbocycles. The number of guanidine groups is 1. The minimum absolute atomic E-state index is 0.0564. The molecule has 2 saturated heterocycles. The van der Waals surface area contributed by atoms with Gasteiger partial charge >= 0.3 is 0 Å². The van der Waals surface area contributed by atoms with E-state index in [0.717, 1.165) is 37.2 Å². The van der Waals surface area contributed by atoms with Crippen LogP contribution in [0.3, 0.4) is 0 Å². The molecular formula is C20H28N4O3. The van der Waals surface area contributed by atoms with Crippen molar-refractivity contribution in [2.75, 3.05) is 13.7 Å². The van der Waals surface area contributed by atoms with Crippen molar-refractivity contribution in [2.45, 2.75) is 62.9 Å². The van der Waals surface area contributed by atoms with E-state index in [1.165, 1.54) is 6.42 Å². The molecule has 2 aliphatic heterocycles. The van der Waals surface area contributed by atoms with Crippen molar-refractivity contribution in [1.82, 2.24) is 16.0 Å². The first kappa shape index (κ1) is 18.1. The Balaban J connectivity index is 1.24. The molecule has 1 amide bonds. The summed E-state index contributed by atoms with van der Waals surface area (Å²) in [5.74, 6) is 1.43. The van der Waals surface area contributed by atoms with Crippen molar-refractivity contribution >= 4 is 11.9 Å². The minimum atomic E-state index is -0.0567. The highest BCUT2D eigenvalue weighted by Gasteiger charge is 2.41. The first-order chi connectivity index (χ1) is 13.2. The molecule has 0 spiro atoms. The van der Waals surface area contributed by atoms with Crippen molar-refractivity contribution in [3.63, 3.8) is 0 Å². The van der Waals surface area contributed by atoms with Crippen LogP contribution in [-0.2, 0) is 16.1 Å². The summed E-state index contributed by atoms with van der Waals surface area (Å²) >= 11 is 0. The van der Waals surface area contributed by atoms with Gasteiger partial charge in [-0.3, -0.25) is 9.79 Å². The highest BCUT2D eigenvalue weighted by atomic mass is 16.5. The van der Waals surface area contributed by atoms with E-state index in [4.69, 9.17) is 9.47 Å². The Bertz CT molecular complexity index is 704. The topological polar surface area (TPSA) is 84.0 Å². The fourth-order valence-corrected chi connectivity index (χ4v) is 3.74. The first-order valence-electron chi connectivity index (χ1n) is 9.83. The maximum atomic E-state index is 11.7. The van der Waals surface area contributed by atoms with Gasteiger partial charge in [0.1, 0.15) is 5.75 Å². The van der Waals surface area contributed by atoms with Crippen LogP contribution in [0.2, 0.25) is 0 Å². The van der Waals surface area contributed by atoms with Crippen LogP contribution in [0.25, 0.3) is 0 Å². The van der Waals surface area contributed by atoms with Crippen LogP contribution in [0, 0.1) is 0 Å². The lowest BCUT2D eigenvalue weighted by Crippen LogP contribution is -2.47. The Labute approximate surface area is 159 Å². The van der Waals surface area contributed by atoms with E-state index >= 15 is 0 Å². The summed E-state index contributed by atoms with van der Waals surface area (Å²) in [4.78, 5) is 16.1. The van der Waals surface area contributed by atoms with Gasteiger partial charge in [0.2, 0.25) is 0 Å². The molecule has 1 aromatic rings. The van der Waals surface area contributed by atoms with E-state index in [2.05, 4.69) is 20.9 Å². The van der Waals surface area contributed by atoms with Crippen molar-refractivity contribution < 1.29 is 14.3 Å². The van der Waals surface area contributed by atoms with Crippen LogP contribution < -0.4 is 20.7 Å². The number of ether oxygens (including phenoxy) is 2. The Morgan fingerprint density at radius 1 is 1.26 bits per heavy atom. The minimum Gasteiger partial charge on any atom is -0.484 e. The largest absolute Gasteiger partial charge is 0.484 e. The van der Waals surface area contributed by atoms with Crippen LogP contribution in [0.15, 0.2) is 29.3 Å². The predicted octanol–water partition coefficient (Wildman–Crippen LogP) is 1.33. The zero-order chi connectivity index (χ0) is 18.6. The number of hydrogen-bond acceptors (Lipinski definition) is 4. The number of hydrogen-bond donors (Lipinski definition) is 3. The normalized spacial score (nSPS) is 26.7. The Hall–Kier alpha value is -2.28. The lowest BCUT2D eigenvalue weighted by molar-refractivity contribution is -0.123. The molecule has 2 heterocycles. The lowest BCUT2D eigenvalue weighted by Gasteiger charge is -2.22. The molecule has 0 radical (unpaired) electrons. The van der Waals surface area contributed by atoms with E-state index in [9.17, 15) is 4.79 Å². The van der Waals surface area contributed by atoms with Crippen LogP contribution in [0.4, 0.5) is 0 Å². The van der Waals surface area contributed by atoms with Crippen molar-refractivity contribution in [2.24, 2.45) is 4.99 Å². The third-order valence-corrected chi connectivity index (χ3v) is 5.32. The number of amides is 1. The second kappa shape index (κ2) is 8.17. The molecule has 3 aliphatic rings. The molecule has 2 bridgehead atoms. The summed E-state index contributed by atoms with van der Waals surface area (Å²) < 4.78 is 11.5. The van der Waals surface area contributed by atoms with E-state index < -0.39 is 0 Å². The molecular weight excluding hydrogens is 344 g/mol. The number of aliphatic imine (C=N–C) groups is 1. The monoisotopic (exact) mass is 372 g/mol. The summed E-state index contributed by atoms with van der Waals surface area (Å²) in [5, 5.41) is 9.74. The van der Waals surface area contributed by atoms with Crippen molar-refractivity contribution in [1.29, 1.82) is 0 Å². The van der Waals surface area contributed by atoms with Gasteiger partial charge in [0.15, 0.2) is 12.6 Å². The Morgan fingerprint density at radius 2 is 2.15 bits per heavy atom. The molecule has 3 N–H and O–H groups in total. The van der Waals surface area contributed by atoms with Gasteiger partial charge in [0.05, 0.1) is 18.2 Å². The van der Waals surface area contributed by atoms with E-state index in [1.54, 1.807) is 7.05 Å². The van der Waals surface area contributed by atoms with Gasteiger partial charge < -0.3 is 25.4 Å². The number of nitrogens with one attached hydrogen (secondary N) is 3. The predicted molar refractivity (Wildman–Crippen MR) is 103 cm³/mol. The molecule has 7 nitrogen and oxygen atoms in total. The summed E-state index contributed by atoms with van der Waals surface area (Å²) in [6, 6.07) is 8.48. The van der Waals surface area contributed by atoms with E-state index in [0.29, 0.717) is 36.6 Å². The fraction of sp³-hybridized carbons (Fsp3) is 0.600. The van der Waals surface area contributed by atoms with Crippen LogP contribution in [0.1, 0.15) is 37.7 Å². The maximum Gasteiger partial charge on any atom is 0.258 e. The SMILES string of the molecule is CN=C(NCc1cccc(OCC(=O)NC2CC2)c1)NC1CC2CCC1O2. The summed E-state index contributed by atoms with van der Waals surface area (Å²) in [5.41, 5.74) is 1.07. The Kier molecular flexibility index (Phi) is 5.48. The Morgan fingerprint density at radius 3 is 2.85 bits per heavy atom. The molecule has 4 rings (SSSR count). The van der Waals surface area contributed by atoms with Gasteiger partial charge in [-0.2, -0.15) is 0 Å². The fourth-order valence-electron chi connectivity index (χ4n) is 3.74. The molecule has 7 heteroatoms. The molecule has 3 atom stereocenters. The zero-order valence-electron chi connectivity index (χ0n) is 15.7. The van der Waals surface area contributed by atoms with Gasteiger partial charge in [-0.05, 0) is 49.8 Å². The summed E-state index contributed by atoms with van der Waals surface area (Å²) in [6.45, 7) is 0.688. The van der Waals surface area contributed by atoms with Crippen molar-refractivity contribution in [3.05, 3.63) is 29.8 Å². The number of carbonyl (C=O) groups is 1. The average molecular weight is 372 g/mol. The standard InChI is InChI=1S/C20H28N4O3/c1-21-20(24-17-10-16-7-8-18(17)27-16)22-11-13-3-2-4-15(9-13)26-12-19(25)23-14-5-6-14/h2-4,9,14,16-18H,5-8,10-12H2,1H3,(H,23,25)(H2,21,22,24). The second-order valence-electron chi connectivity index (χ2n) is 7.56. The number of fused-ring (bicyclic) bond motifs is 2. The first-order valence-corrected chi connectivity index (χ1v) is 9.83.